The summed E-state index contributed by atoms with van der Waals surface area (Å²) in [5.41, 5.74) is 0.240. The Morgan fingerprint density at radius 3 is 2.07 bits per heavy atom. The Kier molecular flexibility index (Phi) is 3.29. The molecule has 4 heteroatoms. The summed E-state index contributed by atoms with van der Waals surface area (Å²) in [6, 6.07) is 6.06. The van der Waals surface area contributed by atoms with Crippen molar-refractivity contribution in [2.45, 2.75) is 6.17 Å². The Labute approximate surface area is 81.7 Å². The molecule has 0 N–H and O–H groups in total. The summed E-state index contributed by atoms with van der Waals surface area (Å²) < 4.78 is 22.9. The summed E-state index contributed by atoms with van der Waals surface area (Å²) in [5, 5.41) is 8.41. The van der Waals surface area contributed by atoms with Crippen LogP contribution in [0.5, 0.6) is 11.5 Å². The van der Waals surface area contributed by atoms with Crippen molar-refractivity contribution < 1.29 is 13.9 Å². The topological polar surface area (TPSA) is 42.2 Å². The molecule has 14 heavy (non-hydrogen) atoms. The van der Waals surface area contributed by atoms with Gasteiger partial charge in [-0.25, -0.2) is 4.39 Å². The number of hydrogen-bond acceptors (Lipinski definition) is 3. The van der Waals surface area contributed by atoms with Crippen molar-refractivity contribution in [2.75, 3.05) is 14.2 Å². The van der Waals surface area contributed by atoms with E-state index < -0.39 is 6.17 Å². The first-order chi connectivity index (χ1) is 6.71. The lowest BCUT2D eigenvalue weighted by atomic mass is 10.1. The van der Waals surface area contributed by atoms with Crippen LogP contribution >= 0.6 is 0 Å². The second kappa shape index (κ2) is 4.47. The van der Waals surface area contributed by atoms with Gasteiger partial charge in [-0.2, -0.15) is 5.26 Å². The molecular formula is C10H10FNO2. The van der Waals surface area contributed by atoms with Crippen molar-refractivity contribution in [2.24, 2.45) is 0 Å². The second-order valence-corrected chi connectivity index (χ2v) is 2.64. The van der Waals surface area contributed by atoms with Gasteiger partial charge in [0.05, 0.1) is 14.2 Å². The Balaban J connectivity index is 3.12. The number of ether oxygens (including phenoxy) is 2. The van der Waals surface area contributed by atoms with Gasteiger partial charge in [-0.3, -0.25) is 0 Å². The van der Waals surface area contributed by atoms with Crippen molar-refractivity contribution in [3.05, 3.63) is 23.8 Å². The first kappa shape index (κ1) is 10.3. The van der Waals surface area contributed by atoms with Gasteiger partial charge in [0, 0.05) is 11.6 Å². The molecule has 0 radical (unpaired) electrons. The lowest BCUT2D eigenvalue weighted by molar-refractivity contribution is 0.384. The van der Waals surface area contributed by atoms with Crippen LogP contribution in [0.4, 0.5) is 4.39 Å². The fraction of sp³-hybridized carbons (Fsp3) is 0.300. The predicted molar refractivity (Wildman–Crippen MR) is 49.0 cm³/mol. The van der Waals surface area contributed by atoms with Gasteiger partial charge in [0.15, 0.2) is 0 Å². The minimum Gasteiger partial charge on any atom is -0.497 e. The third-order valence-electron chi connectivity index (χ3n) is 1.78. The normalized spacial score (nSPS) is 11.6. The number of halogens is 1. The Bertz CT molecular complexity index is 337. The lowest BCUT2D eigenvalue weighted by Crippen LogP contribution is -1.93. The Morgan fingerprint density at radius 1 is 1.21 bits per heavy atom. The van der Waals surface area contributed by atoms with Crippen LogP contribution in [0.1, 0.15) is 11.7 Å². The summed E-state index contributed by atoms with van der Waals surface area (Å²) in [7, 11) is 2.94. The number of methoxy groups -OCH3 is 2. The third kappa shape index (κ3) is 2.13. The number of nitriles is 1. The van der Waals surface area contributed by atoms with E-state index in [1.165, 1.54) is 32.4 Å². The van der Waals surface area contributed by atoms with Gasteiger partial charge in [-0.15, -0.1) is 0 Å². The van der Waals surface area contributed by atoms with Gasteiger partial charge in [-0.05, 0) is 12.1 Å². The number of alkyl halides is 1. The first-order valence-electron chi connectivity index (χ1n) is 3.98. The van der Waals surface area contributed by atoms with Gasteiger partial charge >= 0.3 is 0 Å². The van der Waals surface area contributed by atoms with Gasteiger partial charge in [0.1, 0.15) is 17.6 Å². The molecule has 0 spiro atoms. The number of rotatable bonds is 3. The molecule has 0 aliphatic rings. The molecule has 1 unspecified atom stereocenters. The van der Waals surface area contributed by atoms with E-state index in [0.29, 0.717) is 11.5 Å². The molecule has 1 aromatic rings. The fourth-order valence-corrected chi connectivity index (χ4v) is 1.05. The van der Waals surface area contributed by atoms with Gasteiger partial charge in [-0.1, -0.05) is 0 Å². The predicted octanol–water partition coefficient (Wildman–Crippen LogP) is 2.24. The van der Waals surface area contributed by atoms with Crippen LogP contribution in [0.15, 0.2) is 18.2 Å². The highest BCUT2D eigenvalue weighted by Gasteiger charge is 2.11. The molecule has 0 fully saturated rings. The SMILES string of the molecule is COc1cc(OC)cc(C(F)C#N)c1. The first-order valence-corrected chi connectivity index (χ1v) is 3.98. The van der Waals surface area contributed by atoms with Crippen LogP contribution < -0.4 is 9.47 Å². The van der Waals surface area contributed by atoms with Crippen molar-refractivity contribution in [1.29, 1.82) is 5.26 Å². The molecule has 0 aliphatic heterocycles. The number of hydrogen-bond donors (Lipinski definition) is 0. The number of nitrogens with zero attached hydrogens (tertiary/aromatic N) is 1. The van der Waals surface area contributed by atoms with Crippen molar-refractivity contribution in [3.8, 4) is 17.6 Å². The number of benzene rings is 1. The Morgan fingerprint density at radius 2 is 1.71 bits per heavy atom. The average Bonchev–Trinajstić information content (AvgIpc) is 2.27. The fourth-order valence-electron chi connectivity index (χ4n) is 1.05. The zero-order chi connectivity index (χ0) is 10.6. The average molecular weight is 195 g/mol. The monoisotopic (exact) mass is 195 g/mol. The quantitative estimate of drug-likeness (QED) is 0.742. The van der Waals surface area contributed by atoms with Crippen LogP contribution in [-0.2, 0) is 0 Å². The third-order valence-corrected chi connectivity index (χ3v) is 1.78. The van der Waals surface area contributed by atoms with Crippen LogP contribution in [0.3, 0.4) is 0 Å². The molecular weight excluding hydrogens is 185 g/mol. The van der Waals surface area contributed by atoms with Crippen LogP contribution in [0.25, 0.3) is 0 Å². The van der Waals surface area contributed by atoms with E-state index in [4.69, 9.17) is 14.7 Å². The minimum absolute atomic E-state index is 0.240. The summed E-state index contributed by atoms with van der Waals surface area (Å²) >= 11 is 0. The minimum atomic E-state index is -1.65. The Hall–Kier alpha value is -1.76. The molecule has 0 saturated heterocycles. The molecule has 3 nitrogen and oxygen atoms in total. The van der Waals surface area contributed by atoms with E-state index in [2.05, 4.69) is 0 Å². The summed E-state index contributed by atoms with van der Waals surface area (Å²) in [5.74, 6) is 0.939. The van der Waals surface area contributed by atoms with E-state index >= 15 is 0 Å². The highest BCUT2D eigenvalue weighted by atomic mass is 19.1. The van der Waals surface area contributed by atoms with E-state index in [1.807, 2.05) is 0 Å². The summed E-state index contributed by atoms with van der Waals surface area (Å²) in [6.45, 7) is 0. The molecule has 1 atom stereocenters. The zero-order valence-corrected chi connectivity index (χ0v) is 7.95. The van der Waals surface area contributed by atoms with Crippen molar-refractivity contribution >= 4 is 0 Å². The molecule has 0 aliphatic carbocycles. The van der Waals surface area contributed by atoms with Crippen LogP contribution in [-0.4, -0.2) is 14.2 Å². The van der Waals surface area contributed by atoms with Gasteiger partial charge < -0.3 is 9.47 Å². The summed E-state index contributed by atoms with van der Waals surface area (Å²) in [4.78, 5) is 0. The highest BCUT2D eigenvalue weighted by Crippen LogP contribution is 2.27. The molecule has 0 heterocycles. The van der Waals surface area contributed by atoms with Gasteiger partial charge in [0.2, 0.25) is 6.17 Å². The van der Waals surface area contributed by atoms with E-state index in [-0.39, 0.29) is 5.56 Å². The van der Waals surface area contributed by atoms with E-state index in [9.17, 15) is 4.39 Å². The molecule has 74 valence electrons. The maximum atomic E-state index is 13.0. The maximum absolute atomic E-state index is 13.0. The molecule has 0 aromatic heterocycles. The largest absolute Gasteiger partial charge is 0.497 e. The molecule has 0 saturated carbocycles. The molecule has 0 amide bonds. The highest BCUT2D eigenvalue weighted by molar-refractivity contribution is 5.40. The molecule has 0 bridgehead atoms. The van der Waals surface area contributed by atoms with Gasteiger partial charge in [0.25, 0.3) is 0 Å². The van der Waals surface area contributed by atoms with E-state index in [0.717, 1.165) is 0 Å². The second-order valence-electron chi connectivity index (χ2n) is 2.64. The molecule has 1 rings (SSSR count). The smallest absolute Gasteiger partial charge is 0.211 e. The lowest BCUT2D eigenvalue weighted by Gasteiger charge is -2.07. The van der Waals surface area contributed by atoms with E-state index in [1.54, 1.807) is 6.07 Å². The molecule has 1 aromatic carbocycles. The van der Waals surface area contributed by atoms with Crippen molar-refractivity contribution in [1.82, 2.24) is 0 Å². The van der Waals surface area contributed by atoms with Crippen LogP contribution in [0.2, 0.25) is 0 Å². The maximum Gasteiger partial charge on any atom is 0.211 e. The van der Waals surface area contributed by atoms with Crippen molar-refractivity contribution in [3.63, 3.8) is 0 Å². The van der Waals surface area contributed by atoms with Crippen LogP contribution in [0, 0.1) is 11.3 Å². The standard InChI is InChI=1S/C10H10FNO2/c1-13-8-3-7(10(11)6-12)4-9(5-8)14-2/h3-5,10H,1-2H3. The summed E-state index contributed by atoms with van der Waals surface area (Å²) in [6.07, 6.45) is -1.65. The zero-order valence-electron chi connectivity index (χ0n) is 7.95.